The number of ether oxygens (including phenoxy) is 2. The first-order chi connectivity index (χ1) is 13.3. The van der Waals surface area contributed by atoms with E-state index in [2.05, 4.69) is 10.1 Å². The molecule has 0 bridgehead atoms. The maximum atomic E-state index is 5.81. The smallest absolute Gasteiger partial charge is 0.216 e. The minimum Gasteiger partial charge on any atom is -0.494 e. The van der Waals surface area contributed by atoms with E-state index in [1.807, 2.05) is 31.2 Å². The molecule has 0 atom stereocenters. The topological polar surface area (TPSA) is 82.9 Å². The Bertz CT molecular complexity index is 738. The Morgan fingerprint density at radius 3 is 2.59 bits per heavy atom. The fourth-order valence-electron chi connectivity index (χ4n) is 3.21. The molecule has 0 spiro atoms. The van der Waals surface area contributed by atoms with Gasteiger partial charge in [0.25, 0.3) is 0 Å². The number of nitrogens with zero attached hydrogens (tertiary/aromatic N) is 2. The van der Waals surface area contributed by atoms with Crippen LogP contribution in [0.1, 0.15) is 54.7 Å². The lowest BCUT2D eigenvalue weighted by atomic mass is 10.1. The second-order valence-corrected chi connectivity index (χ2v) is 6.80. The van der Waals surface area contributed by atoms with Crippen molar-refractivity contribution in [3.05, 3.63) is 46.8 Å². The molecule has 6 heteroatoms. The second-order valence-electron chi connectivity index (χ2n) is 6.80. The molecule has 1 aromatic heterocycles. The SMILES string of the molecule is Cc1noc(CCCCCCCOc2ccc(C3=NCCO3)cc2)c1CN. The summed E-state index contributed by atoms with van der Waals surface area (Å²) < 4.78 is 16.6. The molecule has 2 N–H and O–H groups in total. The van der Waals surface area contributed by atoms with Gasteiger partial charge in [-0.15, -0.1) is 0 Å². The van der Waals surface area contributed by atoms with Gasteiger partial charge in [-0.25, -0.2) is 4.99 Å². The number of rotatable bonds is 11. The van der Waals surface area contributed by atoms with Gasteiger partial charge in [0, 0.05) is 24.1 Å². The Morgan fingerprint density at radius 2 is 1.85 bits per heavy atom. The quantitative estimate of drug-likeness (QED) is 0.608. The molecule has 0 fully saturated rings. The van der Waals surface area contributed by atoms with Crippen LogP contribution >= 0.6 is 0 Å². The summed E-state index contributed by atoms with van der Waals surface area (Å²) in [6, 6.07) is 7.96. The van der Waals surface area contributed by atoms with Crippen molar-refractivity contribution in [2.24, 2.45) is 10.7 Å². The summed E-state index contributed by atoms with van der Waals surface area (Å²) in [5.41, 5.74) is 8.74. The number of aliphatic imine (C=N–C) groups is 1. The van der Waals surface area contributed by atoms with Crippen LogP contribution < -0.4 is 10.5 Å². The summed E-state index contributed by atoms with van der Waals surface area (Å²) in [7, 11) is 0. The van der Waals surface area contributed by atoms with Crippen molar-refractivity contribution in [1.82, 2.24) is 5.16 Å². The predicted octanol–water partition coefficient (Wildman–Crippen LogP) is 3.79. The Morgan fingerprint density at radius 1 is 1.07 bits per heavy atom. The third-order valence-corrected chi connectivity index (χ3v) is 4.77. The summed E-state index contributed by atoms with van der Waals surface area (Å²) >= 11 is 0. The molecule has 2 heterocycles. The maximum absolute atomic E-state index is 5.81. The lowest BCUT2D eigenvalue weighted by molar-refractivity contribution is 0.304. The molecule has 1 aliphatic heterocycles. The van der Waals surface area contributed by atoms with E-state index in [-0.39, 0.29) is 0 Å². The Labute approximate surface area is 160 Å². The van der Waals surface area contributed by atoms with Gasteiger partial charge in [-0.1, -0.05) is 24.4 Å². The summed E-state index contributed by atoms with van der Waals surface area (Å²) in [6.45, 7) is 4.62. The van der Waals surface area contributed by atoms with Gasteiger partial charge in [0.1, 0.15) is 18.1 Å². The standard InChI is InChI=1S/C21H29N3O3/c1-16-19(15-22)20(27-24-16)7-5-3-2-4-6-13-25-18-10-8-17(9-11-18)21-23-12-14-26-21/h8-11H,2-7,12-15,22H2,1H3. The van der Waals surface area contributed by atoms with Crippen molar-refractivity contribution in [3.8, 4) is 5.75 Å². The molecule has 0 saturated heterocycles. The molecule has 1 aromatic carbocycles. The highest BCUT2D eigenvalue weighted by Crippen LogP contribution is 2.17. The summed E-state index contributed by atoms with van der Waals surface area (Å²) in [5, 5.41) is 4.00. The van der Waals surface area contributed by atoms with Crippen molar-refractivity contribution in [2.45, 2.75) is 52.0 Å². The molecule has 1 aliphatic rings. The van der Waals surface area contributed by atoms with Gasteiger partial charge in [0.2, 0.25) is 5.90 Å². The van der Waals surface area contributed by atoms with Crippen molar-refractivity contribution in [3.63, 3.8) is 0 Å². The summed E-state index contributed by atoms with van der Waals surface area (Å²) in [5.74, 6) is 2.59. The molecule has 0 unspecified atom stereocenters. The van der Waals surface area contributed by atoms with Crippen LogP contribution in [0.2, 0.25) is 0 Å². The molecular formula is C21H29N3O3. The zero-order valence-corrected chi connectivity index (χ0v) is 16.1. The van der Waals surface area contributed by atoms with E-state index in [1.165, 1.54) is 19.3 Å². The fraction of sp³-hybridized carbons (Fsp3) is 0.524. The molecule has 3 rings (SSSR count). The lowest BCUT2D eigenvalue weighted by Gasteiger charge is -2.07. The van der Waals surface area contributed by atoms with E-state index in [0.717, 1.165) is 66.6 Å². The number of aryl methyl sites for hydroxylation is 2. The number of hydrogen-bond donors (Lipinski definition) is 1. The molecule has 27 heavy (non-hydrogen) atoms. The van der Waals surface area contributed by atoms with Crippen LogP contribution in [-0.4, -0.2) is 30.8 Å². The maximum Gasteiger partial charge on any atom is 0.216 e. The van der Waals surface area contributed by atoms with Gasteiger partial charge in [-0.3, -0.25) is 0 Å². The van der Waals surface area contributed by atoms with E-state index >= 15 is 0 Å². The molecule has 6 nitrogen and oxygen atoms in total. The van der Waals surface area contributed by atoms with Gasteiger partial charge in [-0.05, 0) is 44.0 Å². The average Bonchev–Trinajstić information content (AvgIpc) is 3.34. The van der Waals surface area contributed by atoms with Crippen LogP contribution in [-0.2, 0) is 17.7 Å². The average molecular weight is 371 g/mol. The third kappa shape index (κ3) is 5.57. The van der Waals surface area contributed by atoms with Crippen LogP contribution in [0.15, 0.2) is 33.8 Å². The van der Waals surface area contributed by atoms with E-state index in [9.17, 15) is 0 Å². The van der Waals surface area contributed by atoms with Crippen molar-refractivity contribution < 1.29 is 14.0 Å². The molecule has 146 valence electrons. The van der Waals surface area contributed by atoms with Gasteiger partial charge in [-0.2, -0.15) is 0 Å². The first-order valence-electron chi connectivity index (χ1n) is 9.82. The number of nitrogens with two attached hydrogens (primary N) is 1. The van der Waals surface area contributed by atoms with Crippen LogP contribution in [0.4, 0.5) is 0 Å². The van der Waals surface area contributed by atoms with Crippen LogP contribution in [0.25, 0.3) is 0 Å². The Kier molecular flexibility index (Phi) is 7.27. The fourth-order valence-corrected chi connectivity index (χ4v) is 3.21. The minimum atomic E-state index is 0.504. The van der Waals surface area contributed by atoms with Crippen LogP contribution in [0, 0.1) is 6.92 Å². The number of hydrogen-bond acceptors (Lipinski definition) is 6. The van der Waals surface area contributed by atoms with E-state index in [4.69, 9.17) is 19.7 Å². The van der Waals surface area contributed by atoms with Crippen molar-refractivity contribution in [1.29, 1.82) is 0 Å². The molecular weight excluding hydrogens is 342 g/mol. The zero-order chi connectivity index (χ0) is 18.9. The normalized spacial score (nSPS) is 13.5. The van der Waals surface area contributed by atoms with Gasteiger partial charge < -0.3 is 19.7 Å². The molecule has 2 aromatic rings. The van der Waals surface area contributed by atoms with Crippen LogP contribution in [0.3, 0.4) is 0 Å². The summed E-state index contributed by atoms with van der Waals surface area (Å²) in [6.07, 6.45) is 6.64. The molecule has 0 saturated carbocycles. The van der Waals surface area contributed by atoms with Crippen molar-refractivity contribution in [2.75, 3.05) is 19.8 Å². The first kappa shape index (κ1) is 19.4. The van der Waals surface area contributed by atoms with Gasteiger partial charge in [0.05, 0.1) is 18.8 Å². The molecule has 0 aliphatic carbocycles. The van der Waals surface area contributed by atoms with Gasteiger partial charge in [0.15, 0.2) is 0 Å². The highest BCUT2D eigenvalue weighted by molar-refractivity contribution is 5.94. The third-order valence-electron chi connectivity index (χ3n) is 4.77. The summed E-state index contributed by atoms with van der Waals surface area (Å²) in [4.78, 5) is 4.31. The number of unbranched alkanes of at least 4 members (excludes halogenated alkanes) is 4. The van der Waals surface area contributed by atoms with E-state index in [1.54, 1.807) is 0 Å². The highest BCUT2D eigenvalue weighted by Gasteiger charge is 2.11. The zero-order valence-electron chi connectivity index (χ0n) is 16.1. The van der Waals surface area contributed by atoms with Crippen molar-refractivity contribution >= 4 is 5.90 Å². The first-order valence-corrected chi connectivity index (χ1v) is 9.82. The second kappa shape index (κ2) is 10.1. The monoisotopic (exact) mass is 371 g/mol. The lowest BCUT2D eigenvalue weighted by Crippen LogP contribution is -2.02. The van der Waals surface area contributed by atoms with Gasteiger partial charge >= 0.3 is 0 Å². The largest absolute Gasteiger partial charge is 0.494 e. The predicted molar refractivity (Wildman–Crippen MR) is 105 cm³/mol. The van der Waals surface area contributed by atoms with E-state index in [0.29, 0.717) is 13.2 Å². The number of benzene rings is 1. The minimum absolute atomic E-state index is 0.504. The highest BCUT2D eigenvalue weighted by atomic mass is 16.5. The molecule has 0 amide bonds. The Balaban J connectivity index is 1.25. The Hall–Kier alpha value is -2.34. The van der Waals surface area contributed by atoms with Crippen LogP contribution in [0.5, 0.6) is 5.75 Å². The van der Waals surface area contributed by atoms with E-state index < -0.39 is 0 Å². The molecule has 0 radical (unpaired) electrons. The number of aromatic nitrogens is 1.